The summed E-state index contributed by atoms with van der Waals surface area (Å²) in [5.41, 5.74) is 1.58. The summed E-state index contributed by atoms with van der Waals surface area (Å²) in [4.78, 5) is 14.3. The minimum Gasteiger partial charge on any atom is -0.494 e. The Hall–Kier alpha value is -2.67. The van der Waals surface area contributed by atoms with Crippen LogP contribution in [0.25, 0.3) is 0 Å². The number of anilines is 1. The van der Waals surface area contributed by atoms with Gasteiger partial charge in [0.15, 0.2) is 0 Å². The zero-order valence-electron chi connectivity index (χ0n) is 15.6. The standard InChI is InChI=1S/C20H24F2N2O3/c1-4-26-17-11-7-16(8-12-17)23-19(25)14(2)24(3)13-15-5-9-18(10-6-15)27-20(21)22/h5-12,14,20H,4,13H2,1-3H3,(H,23,25). The van der Waals surface area contributed by atoms with Gasteiger partial charge >= 0.3 is 6.61 Å². The van der Waals surface area contributed by atoms with Crippen molar-refractivity contribution in [2.24, 2.45) is 0 Å². The van der Waals surface area contributed by atoms with Gasteiger partial charge in [0.05, 0.1) is 12.6 Å². The summed E-state index contributed by atoms with van der Waals surface area (Å²) in [7, 11) is 1.83. The summed E-state index contributed by atoms with van der Waals surface area (Å²) < 4.78 is 34.1. The summed E-state index contributed by atoms with van der Waals surface area (Å²) in [5.74, 6) is 0.719. The molecule has 1 amide bonds. The van der Waals surface area contributed by atoms with Crippen LogP contribution >= 0.6 is 0 Å². The molecule has 0 radical (unpaired) electrons. The number of hydrogen-bond acceptors (Lipinski definition) is 4. The number of hydrogen-bond donors (Lipinski definition) is 1. The van der Waals surface area contributed by atoms with E-state index >= 15 is 0 Å². The van der Waals surface area contributed by atoms with Crippen molar-refractivity contribution >= 4 is 11.6 Å². The lowest BCUT2D eigenvalue weighted by molar-refractivity contribution is -0.120. The van der Waals surface area contributed by atoms with Gasteiger partial charge in [-0.15, -0.1) is 0 Å². The third-order valence-corrected chi connectivity index (χ3v) is 4.05. The quantitative estimate of drug-likeness (QED) is 0.712. The summed E-state index contributed by atoms with van der Waals surface area (Å²) in [6.45, 7) is 1.95. The molecular weight excluding hydrogens is 354 g/mol. The smallest absolute Gasteiger partial charge is 0.387 e. The van der Waals surface area contributed by atoms with Crippen LogP contribution in [-0.2, 0) is 11.3 Å². The SMILES string of the molecule is CCOc1ccc(NC(=O)C(C)N(C)Cc2ccc(OC(F)F)cc2)cc1. The van der Waals surface area contributed by atoms with Crippen molar-refractivity contribution < 1.29 is 23.0 Å². The molecule has 0 bridgehead atoms. The minimum atomic E-state index is -2.84. The van der Waals surface area contributed by atoms with Gasteiger partial charge in [0.2, 0.25) is 5.91 Å². The van der Waals surface area contributed by atoms with Crippen LogP contribution in [0.1, 0.15) is 19.4 Å². The van der Waals surface area contributed by atoms with E-state index in [-0.39, 0.29) is 17.7 Å². The first-order chi connectivity index (χ1) is 12.9. The van der Waals surface area contributed by atoms with Crippen LogP contribution in [0.2, 0.25) is 0 Å². The average molecular weight is 378 g/mol. The third-order valence-electron chi connectivity index (χ3n) is 4.05. The lowest BCUT2D eigenvalue weighted by Gasteiger charge is -2.24. The van der Waals surface area contributed by atoms with E-state index in [4.69, 9.17) is 4.74 Å². The Morgan fingerprint density at radius 3 is 2.22 bits per heavy atom. The van der Waals surface area contributed by atoms with E-state index < -0.39 is 6.61 Å². The van der Waals surface area contributed by atoms with Crippen LogP contribution < -0.4 is 14.8 Å². The Balaban J connectivity index is 1.89. The van der Waals surface area contributed by atoms with Gasteiger partial charge < -0.3 is 14.8 Å². The molecule has 0 saturated heterocycles. The first-order valence-electron chi connectivity index (χ1n) is 8.66. The third kappa shape index (κ3) is 6.53. The van der Waals surface area contributed by atoms with Crippen molar-refractivity contribution in [2.75, 3.05) is 19.0 Å². The van der Waals surface area contributed by atoms with E-state index in [1.54, 1.807) is 43.3 Å². The van der Waals surface area contributed by atoms with Crippen molar-refractivity contribution in [2.45, 2.75) is 33.0 Å². The highest BCUT2D eigenvalue weighted by molar-refractivity contribution is 5.94. The Morgan fingerprint density at radius 1 is 1.07 bits per heavy atom. The van der Waals surface area contributed by atoms with Gasteiger partial charge in [-0.2, -0.15) is 8.78 Å². The number of halogens is 2. The van der Waals surface area contributed by atoms with Gasteiger partial charge in [0.1, 0.15) is 11.5 Å². The summed E-state index contributed by atoms with van der Waals surface area (Å²) in [6, 6.07) is 13.2. The molecule has 2 rings (SSSR count). The van der Waals surface area contributed by atoms with Crippen molar-refractivity contribution in [3.8, 4) is 11.5 Å². The maximum atomic E-state index is 12.4. The Morgan fingerprint density at radius 2 is 1.67 bits per heavy atom. The highest BCUT2D eigenvalue weighted by atomic mass is 19.3. The van der Waals surface area contributed by atoms with Crippen molar-refractivity contribution in [3.05, 3.63) is 54.1 Å². The molecule has 7 heteroatoms. The van der Waals surface area contributed by atoms with E-state index in [1.807, 2.05) is 18.9 Å². The fourth-order valence-corrected chi connectivity index (χ4v) is 2.45. The molecule has 0 aliphatic carbocycles. The zero-order valence-corrected chi connectivity index (χ0v) is 15.6. The number of nitrogens with zero attached hydrogens (tertiary/aromatic N) is 1. The van der Waals surface area contributed by atoms with Crippen LogP contribution in [0, 0.1) is 0 Å². The van der Waals surface area contributed by atoms with Crippen LogP contribution in [0.15, 0.2) is 48.5 Å². The van der Waals surface area contributed by atoms with Gasteiger partial charge in [-0.25, -0.2) is 0 Å². The van der Waals surface area contributed by atoms with Gasteiger partial charge in [0, 0.05) is 12.2 Å². The molecule has 146 valence electrons. The number of amides is 1. The van der Waals surface area contributed by atoms with Crippen molar-refractivity contribution in [1.29, 1.82) is 0 Å². The molecule has 1 atom stereocenters. The second-order valence-electron chi connectivity index (χ2n) is 6.06. The van der Waals surface area contributed by atoms with Gasteiger partial charge in [-0.05, 0) is 62.9 Å². The highest BCUT2D eigenvalue weighted by Crippen LogP contribution is 2.18. The molecule has 0 heterocycles. The lowest BCUT2D eigenvalue weighted by atomic mass is 10.1. The second kappa shape index (κ2) is 9.87. The predicted molar refractivity (Wildman–Crippen MR) is 100 cm³/mol. The molecule has 1 N–H and O–H groups in total. The van der Waals surface area contributed by atoms with E-state index in [0.717, 1.165) is 11.3 Å². The number of nitrogens with one attached hydrogen (secondary N) is 1. The number of ether oxygens (including phenoxy) is 2. The van der Waals surface area contributed by atoms with Crippen molar-refractivity contribution in [1.82, 2.24) is 4.90 Å². The minimum absolute atomic E-state index is 0.109. The molecule has 2 aromatic rings. The van der Waals surface area contributed by atoms with Gasteiger partial charge in [-0.3, -0.25) is 9.69 Å². The molecule has 0 saturated carbocycles. The monoisotopic (exact) mass is 378 g/mol. The zero-order chi connectivity index (χ0) is 19.8. The number of alkyl halides is 2. The van der Waals surface area contributed by atoms with E-state index in [1.165, 1.54) is 12.1 Å². The maximum Gasteiger partial charge on any atom is 0.387 e. The molecule has 5 nitrogen and oxygen atoms in total. The Kier molecular flexibility index (Phi) is 7.55. The molecular formula is C20H24F2N2O3. The molecule has 27 heavy (non-hydrogen) atoms. The molecule has 0 spiro atoms. The largest absolute Gasteiger partial charge is 0.494 e. The van der Waals surface area contributed by atoms with E-state index in [0.29, 0.717) is 18.8 Å². The number of carbonyl (C=O) groups excluding carboxylic acids is 1. The number of carbonyl (C=O) groups is 1. The predicted octanol–water partition coefficient (Wildman–Crippen LogP) is 4.15. The van der Waals surface area contributed by atoms with Crippen LogP contribution in [0.5, 0.6) is 11.5 Å². The first-order valence-corrected chi connectivity index (χ1v) is 8.66. The summed E-state index contributed by atoms with van der Waals surface area (Å²) in [5, 5.41) is 2.87. The molecule has 0 aromatic heterocycles. The Bertz CT molecular complexity index is 721. The average Bonchev–Trinajstić information content (AvgIpc) is 2.64. The van der Waals surface area contributed by atoms with Crippen LogP contribution in [-0.4, -0.2) is 37.1 Å². The van der Waals surface area contributed by atoms with E-state index in [9.17, 15) is 13.6 Å². The Labute approximate surface area is 157 Å². The van der Waals surface area contributed by atoms with E-state index in [2.05, 4.69) is 10.1 Å². The molecule has 0 aliphatic rings. The highest BCUT2D eigenvalue weighted by Gasteiger charge is 2.18. The lowest BCUT2D eigenvalue weighted by Crippen LogP contribution is -2.39. The fraction of sp³-hybridized carbons (Fsp3) is 0.350. The number of benzene rings is 2. The van der Waals surface area contributed by atoms with Crippen LogP contribution in [0.3, 0.4) is 0 Å². The van der Waals surface area contributed by atoms with Crippen LogP contribution in [0.4, 0.5) is 14.5 Å². The number of likely N-dealkylation sites (N-methyl/N-ethyl adjacent to an activating group) is 1. The van der Waals surface area contributed by atoms with Gasteiger partial charge in [-0.1, -0.05) is 12.1 Å². The maximum absolute atomic E-state index is 12.4. The first kappa shape index (κ1) is 20.6. The topological polar surface area (TPSA) is 50.8 Å². The molecule has 0 fully saturated rings. The second-order valence-corrected chi connectivity index (χ2v) is 6.06. The summed E-state index contributed by atoms with van der Waals surface area (Å²) >= 11 is 0. The van der Waals surface area contributed by atoms with Gasteiger partial charge in [0.25, 0.3) is 0 Å². The fourth-order valence-electron chi connectivity index (χ4n) is 2.45. The normalized spacial score (nSPS) is 12.1. The molecule has 2 aromatic carbocycles. The molecule has 1 unspecified atom stereocenters. The molecule has 0 aliphatic heterocycles. The number of rotatable bonds is 9. The van der Waals surface area contributed by atoms with Crippen molar-refractivity contribution in [3.63, 3.8) is 0 Å². The summed E-state index contributed by atoms with van der Waals surface area (Å²) in [6.07, 6.45) is 0.